The van der Waals surface area contributed by atoms with E-state index in [4.69, 9.17) is 0 Å². The molecule has 1 heterocycles. The number of aryl methyl sites for hydroxylation is 1. The highest BCUT2D eigenvalue weighted by Gasteiger charge is 1.97. The van der Waals surface area contributed by atoms with Crippen LogP contribution in [0.15, 0.2) is 42.6 Å². The molecule has 1 N–H and O–H groups in total. The lowest BCUT2D eigenvalue weighted by Gasteiger charge is -2.05. The molecule has 0 bridgehead atoms. The van der Waals surface area contributed by atoms with Crippen LogP contribution < -0.4 is 5.32 Å². The lowest BCUT2D eigenvalue weighted by molar-refractivity contribution is 0.112. The molecule has 0 aliphatic rings. The Morgan fingerprint density at radius 2 is 1.94 bits per heavy atom. The lowest BCUT2D eigenvalue weighted by Crippen LogP contribution is -1.94. The third-order valence-electron chi connectivity index (χ3n) is 2.24. The van der Waals surface area contributed by atoms with Gasteiger partial charge in [0.1, 0.15) is 12.1 Å². The van der Waals surface area contributed by atoms with E-state index in [2.05, 4.69) is 10.3 Å². The Labute approximate surface area is 94.1 Å². The Morgan fingerprint density at radius 1 is 1.19 bits per heavy atom. The number of hydrogen-bond acceptors (Lipinski definition) is 3. The molecule has 3 heteroatoms. The molecular formula is C13H12N2O. The summed E-state index contributed by atoms with van der Waals surface area (Å²) in [5.74, 6) is 0.674. The lowest BCUT2D eigenvalue weighted by atomic mass is 10.2. The van der Waals surface area contributed by atoms with E-state index in [0.717, 1.165) is 12.0 Å². The van der Waals surface area contributed by atoms with Gasteiger partial charge in [-0.1, -0.05) is 17.7 Å². The minimum Gasteiger partial charge on any atom is -0.340 e. The highest BCUT2D eigenvalue weighted by Crippen LogP contribution is 2.15. The average Bonchev–Trinajstić information content (AvgIpc) is 2.32. The largest absolute Gasteiger partial charge is 0.340 e. The summed E-state index contributed by atoms with van der Waals surface area (Å²) in [6, 6.07) is 11.4. The molecule has 0 radical (unpaired) electrons. The molecule has 0 aliphatic carbocycles. The van der Waals surface area contributed by atoms with Crippen molar-refractivity contribution in [2.45, 2.75) is 6.92 Å². The fourth-order valence-corrected chi connectivity index (χ4v) is 1.37. The maximum Gasteiger partial charge on any atom is 0.150 e. The number of hydrogen-bond donors (Lipinski definition) is 1. The van der Waals surface area contributed by atoms with Crippen LogP contribution in [0.25, 0.3) is 0 Å². The predicted molar refractivity (Wildman–Crippen MR) is 64.1 cm³/mol. The van der Waals surface area contributed by atoms with Gasteiger partial charge in [-0.3, -0.25) is 4.79 Å². The van der Waals surface area contributed by atoms with E-state index in [1.807, 2.05) is 31.2 Å². The van der Waals surface area contributed by atoms with Crippen molar-refractivity contribution in [3.8, 4) is 0 Å². The number of aldehydes is 1. The highest BCUT2D eigenvalue weighted by molar-refractivity contribution is 5.76. The molecule has 2 aromatic rings. The Kier molecular flexibility index (Phi) is 2.96. The topological polar surface area (TPSA) is 42.0 Å². The van der Waals surface area contributed by atoms with Gasteiger partial charge in [-0.15, -0.1) is 0 Å². The highest BCUT2D eigenvalue weighted by atomic mass is 16.1. The van der Waals surface area contributed by atoms with E-state index in [0.29, 0.717) is 11.4 Å². The van der Waals surface area contributed by atoms with Crippen molar-refractivity contribution >= 4 is 17.8 Å². The van der Waals surface area contributed by atoms with Crippen LogP contribution >= 0.6 is 0 Å². The Bertz CT molecular complexity index is 492. The molecular weight excluding hydrogens is 200 g/mol. The average molecular weight is 212 g/mol. The zero-order chi connectivity index (χ0) is 11.4. The summed E-state index contributed by atoms with van der Waals surface area (Å²) >= 11 is 0. The molecule has 1 aromatic carbocycles. The number of rotatable bonds is 3. The predicted octanol–water partition coefficient (Wildman–Crippen LogP) is 2.95. The molecule has 1 aromatic heterocycles. The summed E-state index contributed by atoms with van der Waals surface area (Å²) in [7, 11) is 0. The number of carbonyl (C=O) groups is 1. The first kappa shape index (κ1) is 10.4. The van der Waals surface area contributed by atoms with Crippen molar-refractivity contribution in [3.63, 3.8) is 0 Å². The first-order valence-electron chi connectivity index (χ1n) is 5.03. The van der Waals surface area contributed by atoms with Crippen molar-refractivity contribution in [2.75, 3.05) is 5.32 Å². The normalized spacial score (nSPS) is 9.81. The second kappa shape index (κ2) is 4.57. The van der Waals surface area contributed by atoms with Gasteiger partial charge in [-0.05, 0) is 31.2 Å². The first-order valence-corrected chi connectivity index (χ1v) is 5.03. The van der Waals surface area contributed by atoms with Crippen molar-refractivity contribution in [3.05, 3.63) is 53.7 Å². The number of benzene rings is 1. The molecule has 0 fully saturated rings. The standard InChI is InChI=1S/C13H12N2O/c1-10-2-4-12(5-3-10)15-13-8-11(9-16)6-7-14-13/h2-9H,1H3,(H,14,15). The van der Waals surface area contributed by atoms with Gasteiger partial charge in [0.25, 0.3) is 0 Å². The van der Waals surface area contributed by atoms with Gasteiger partial charge >= 0.3 is 0 Å². The molecule has 0 saturated heterocycles. The van der Waals surface area contributed by atoms with Crippen molar-refractivity contribution in [1.82, 2.24) is 4.98 Å². The van der Waals surface area contributed by atoms with Gasteiger partial charge in [0, 0.05) is 17.4 Å². The van der Waals surface area contributed by atoms with Crippen LogP contribution in [-0.2, 0) is 0 Å². The molecule has 0 amide bonds. The molecule has 0 aliphatic heterocycles. The minimum absolute atomic E-state index is 0.615. The molecule has 0 atom stereocenters. The van der Waals surface area contributed by atoms with E-state index in [1.165, 1.54) is 5.56 Å². The third kappa shape index (κ3) is 2.45. The van der Waals surface area contributed by atoms with Crippen LogP contribution in [-0.4, -0.2) is 11.3 Å². The SMILES string of the molecule is Cc1ccc(Nc2cc(C=O)ccn2)cc1. The van der Waals surface area contributed by atoms with Gasteiger partial charge in [0.05, 0.1) is 0 Å². The van der Waals surface area contributed by atoms with E-state index in [-0.39, 0.29) is 0 Å². The van der Waals surface area contributed by atoms with Crippen LogP contribution in [0.5, 0.6) is 0 Å². The monoisotopic (exact) mass is 212 g/mol. The van der Waals surface area contributed by atoms with Crippen LogP contribution in [0, 0.1) is 6.92 Å². The fraction of sp³-hybridized carbons (Fsp3) is 0.0769. The maximum atomic E-state index is 10.6. The van der Waals surface area contributed by atoms with E-state index < -0.39 is 0 Å². The smallest absolute Gasteiger partial charge is 0.150 e. The number of carbonyl (C=O) groups excluding carboxylic acids is 1. The molecule has 0 saturated carbocycles. The molecule has 0 spiro atoms. The quantitative estimate of drug-likeness (QED) is 0.795. The minimum atomic E-state index is 0.615. The summed E-state index contributed by atoms with van der Waals surface area (Å²) in [5, 5.41) is 3.14. The second-order valence-corrected chi connectivity index (χ2v) is 3.58. The van der Waals surface area contributed by atoms with Gasteiger partial charge in [-0.25, -0.2) is 4.98 Å². The van der Waals surface area contributed by atoms with E-state index in [1.54, 1.807) is 18.3 Å². The van der Waals surface area contributed by atoms with Gasteiger partial charge in [0.2, 0.25) is 0 Å². The van der Waals surface area contributed by atoms with Crippen LogP contribution in [0.1, 0.15) is 15.9 Å². The Morgan fingerprint density at radius 3 is 2.62 bits per heavy atom. The number of aromatic nitrogens is 1. The summed E-state index contributed by atoms with van der Waals surface area (Å²) in [6.45, 7) is 2.04. The van der Waals surface area contributed by atoms with Crippen molar-refractivity contribution in [1.29, 1.82) is 0 Å². The number of anilines is 2. The zero-order valence-electron chi connectivity index (χ0n) is 8.97. The summed E-state index contributed by atoms with van der Waals surface area (Å²) in [5.41, 5.74) is 2.78. The summed E-state index contributed by atoms with van der Waals surface area (Å²) in [6.07, 6.45) is 2.42. The number of nitrogens with one attached hydrogen (secondary N) is 1. The van der Waals surface area contributed by atoms with Crippen molar-refractivity contribution in [2.24, 2.45) is 0 Å². The first-order chi connectivity index (χ1) is 7.78. The Balaban J connectivity index is 2.20. The van der Waals surface area contributed by atoms with Crippen LogP contribution in [0.3, 0.4) is 0 Å². The van der Waals surface area contributed by atoms with E-state index in [9.17, 15) is 4.79 Å². The Hall–Kier alpha value is -2.16. The van der Waals surface area contributed by atoms with Gasteiger partial charge in [0.15, 0.2) is 0 Å². The summed E-state index contributed by atoms with van der Waals surface area (Å²) < 4.78 is 0. The van der Waals surface area contributed by atoms with Crippen molar-refractivity contribution < 1.29 is 4.79 Å². The molecule has 3 nitrogen and oxygen atoms in total. The van der Waals surface area contributed by atoms with Crippen LogP contribution in [0.2, 0.25) is 0 Å². The van der Waals surface area contributed by atoms with Gasteiger partial charge < -0.3 is 5.32 Å². The van der Waals surface area contributed by atoms with Gasteiger partial charge in [-0.2, -0.15) is 0 Å². The second-order valence-electron chi connectivity index (χ2n) is 3.58. The summed E-state index contributed by atoms with van der Waals surface area (Å²) in [4.78, 5) is 14.7. The molecule has 80 valence electrons. The van der Waals surface area contributed by atoms with E-state index >= 15 is 0 Å². The van der Waals surface area contributed by atoms with Crippen LogP contribution in [0.4, 0.5) is 11.5 Å². The fourth-order valence-electron chi connectivity index (χ4n) is 1.37. The third-order valence-corrected chi connectivity index (χ3v) is 2.24. The molecule has 2 rings (SSSR count). The number of pyridine rings is 1. The number of nitrogens with zero attached hydrogens (tertiary/aromatic N) is 1. The molecule has 0 unspecified atom stereocenters. The molecule has 16 heavy (non-hydrogen) atoms. The zero-order valence-corrected chi connectivity index (χ0v) is 8.97. The maximum absolute atomic E-state index is 10.6.